The maximum absolute atomic E-state index is 13.3. The largest absolute Gasteiger partial charge is 0.417 e. The molecule has 0 saturated carbocycles. The Morgan fingerprint density at radius 3 is 2.46 bits per heavy atom. The van der Waals surface area contributed by atoms with Gasteiger partial charge in [0.25, 0.3) is 5.91 Å². The van der Waals surface area contributed by atoms with Gasteiger partial charge in [-0.05, 0) is 31.0 Å². The van der Waals surface area contributed by atoms with Gasteiger partial charge in [0.2, 0.25) is 11.7 Å². The quantitative estimate of drug-likeness (QED) is 0.429. The molecule has 9 nitrogen and oxygen atoms in total. The normalized spacial score (nSPS) is 15.0. The molecule has 15 heteroatoms. The zero-order valence-corrected chi connectivity index (χ0v) is 18.9. The summed E-state index contributed by atoms with van der Waals surface area (Å²) in [6, 6.07) is 5.14. The van der Waals surface area contributed by atoms with Crippen molar-refractivity contribution >= 4 is 11.6 Å². The van der Waals surface area contributed by atoms with Crippen LogP contribution >= 0.6 is 0 Å². The number of alkyl halides is 6. The number of hydrogen-bond donors (Lipinski definition) is 0. The molecule has 196 valence electrons. The first-order valence-corrected chi connectivity index (χ1v) is 10.9. The molecule has 0 bridgehead atoms. The lowest BCUT2D eigenvalue weighted by Gasteiger charge is -2.29. The van der Waals surface area contributed by atoms with Gasteiger partial charge in [-0.25, -0.2) is 0 Å². The zero-order valence-electron chi connectivity index (χ0n) is 18.9. The number of rotatable bonds is 6. The van der Waals surface area contributed by atoms with E-state index in [2.05, 4.69) is 15.3 Å². The van der Waals surface area contributed by atoms with Gasteiger partial charge in [0, 0.05) is 30.8 Å². The van der Waals surface area contributed by atoms with Crippen molar-refractivity contribution in [3.05, 3.63) is 59.1 Å². The molecule has 1 amide bonds. The molecule has 1 aliphatic rings. The zero-order chi connectivity index (χ0) is 26.8. The standard InChI is InChI=1S/C22H18F6N6O3/c23-21(24,25)12-34(15-2-1-14(10-29)16(9-15)22(26,27)28)11-18-31-19(37-32-18)13-4-7-33(8-5-13)20(35)17-3-6-30-36-17/h1-3,6,9,13H,4-5,7-8,11-12H2. The van der Waals surface area contributed by atoms with Gasteiger partial charge in [-0.1, -0.05) is 10.3 Å². The number of hydrogen-bond acceptors (Lipinski definition) is 8. The summed E-state index contributed by atoms with van der Waals surface area (Å²) in [5.41, 5.74) is -2.47. The van der Waals surface area contributed by atoms with Crippen LogP contribution in [0.15, 0.2) is 39.5 Å². The van der Waals surface area contributed by atoms with E-state index in [9.17, 15) is 31.1 Å². The average Bonchev–Trinajstić information content (AvgIpc) is 3.54. The number of likely N-dealkylation sites (tertiary alicyclic amines) is 1. The van der Waals surface area contributed by atoms with Crippen molar-refractivity contribution in [2.45, 2.75) is 37.7 Å². The first kappa shape index (κ1) is 26.0. The van der Waals surface area contributed by atoms with Crippen LogP contribution in [0.5, 0.6) is 0 Å². The maximum Gasteiger partial charge on any atom is 0.417 e. The van der Waals surface area contributed by atoms with Crippen LogP contribution in [0.1, 0.15) is 52.2 Å². The molecule has 0 N–H and O–H groups in total. The Morgan fingerprint density at radius 1 is 1.14 bits per heavy atom. The molecule has 4 rings (SSSR count). The molecule has 0 atom stereocenters. The van der Waals surface area contributed by atoms with Crippen molar-refractivity contribution in [3.63, 3.8) is 0 Å². The number of benzene rings is 1. The molecule has 1 aliphatic heterocycles. The summed E-state index contributed by atoms with van der Waals surface area (Å²) in [5.74, 6) is -0.491. The summed E-state index contributed by atoms with van der Waals surface area (Å²) >= 11 is 0. The molecule has 0 unspecified atom stereocenters. The van der Waals surface area contributed by atoms with E-state index in [4.69, 9.17) is 14.3 Å². The van der Waals surface area contributed by atoms with Crippen molar-refractivity contribution in [2.24, 2.45) is 0 Å². The first-order chi connectivity index (χ1) is 17.4. The SMILES string of the molecule is N#Cc1ccc(N(Cc2noc(C3CCN(C(=O)c4ccno4)CC3)n2)CC(F)(F)F)cc1C(F)(F)F. The smallest absolute Gasteiger partial charge is 0.355 e. The Morgan fingerprint density at radius 2 is 1.86 bits per heavy atom. The predicted octanol–water partition coefficient (Wildman–Crippen LogP) is 4.54. The van der Waals surface area contributed by atoms with E-state index < -0.39 is 42.3 Å². The summed E-state index contributed by atoms with van der Waals surface area (Å²) < 4.78 is 89.9. The minimum atomic E-state index is -4.94. The number of carbonyl (C=O) groups is 1. The fourth-order valence-corrected chi connectivity index (χ4v) is 4.00. The molecule has 1 aromatic carbocycles. The van der Waals surface area contributed by atoms with Crippen LogP contribution in [-0.4, -0.2) is 51.9 Å². The molecule has 1 fully saturated rings. The van der Waals surface area contributed by atoms with Crippen molar-refractivity contribution in [1.29, 1.82) is 5.26 Å². The van der Waals surface area contributed by atoms with Crippen LogP contribution in [-0.2, 0) is 12.7 Å². The second-order valence-electron chi connectivity index (χ2n) is 8.30. The predicted molar refractivity (Wildman–Crippen MR) is 112 cm³/mol. The molecule has 3 heterocycles. The minimum Gasteiger partial charge on any atom is -0.355 e. The van der Waals surface area contributed by atoms with Crippen molar-refractivity contribution in [2.75, 3.05) is 24.5 Å². The monoisotopic (exact) mass is 528 g/mol. The van der Waals surface area contributed by atoms with Crippen LogP contribution in [0.4, 0.5) is 32.0 Å². The van der Waals surface area contributed by atoms with Crippen LogP contribution in [0.25, 0.3) is 0 Å². The Bertz CT molecular complexity index is 1270. The second-order valence-corrected chi connectivity index (χ2v) is 8.30. The van der Waals surface area contributed by atoms with E-state index in [1.807, 2.05) is 0 Å². The molecule has 0 aliphatic carbocycles. The molecular weight excluding hydrogens is 510 g/mol. The van der Waals surface area contributed by atoms with Crippen LogP contribution in [0.2, 0.25) is 0 Å². The molecular formula is C22H18F6N6O3. The number of amides is 1. The van der Waals surface area contributed by atoms with Gasteiger partial charge in [-0.3, -0.25) is 4.79 Å². The lowest BCUT2D eigenvalue weighted by molar-refractivity contribution is -0.137. The lowest BCUT2D eigenvalue weighted by atomic mass is 9.96. The van der Waals surface area contributed by atoms with Crippen molar-refractivity contribution < 1.29 is 40.2 Å². The van der Waals surface area contributed by atoms with Gasteiger partial charge < -0.3 is 18.8 Å². The molecule has 0 radical (unpaired) electrons. The highest BCUT2D eigenvalue weighted by molar-refractivity contribution is 5.91. The molecule has 2 aromatic heterocycles. The number of halogens is 6. The number of anilines is 1. The maximum atomic E-state index is 13.3. The van der Waals surface area contributed by atoms with Crippen LogP contribution < -0.4 is 4.90 Å². The Hall–Kier alpha value is -4.09. The van der Waals surface area contributed by atoms with Gasteiger partial charge in [0.15, 0.2) is 5.82 Å². The topological polar surface area (TPSA) is 112 Å². The molecule has 37 heavy (non-hydrogen) atoms. The number of aromatic nitrogens is 3. The highest BCUT2D eigenvalue weighted by Gasteiger charge is 2.36. The number of nitrogens with zero attached hydrogens (tertiary/aromatic N) is 6. The van der Waals surface area contributed by atoms with E-state index in [-0.39, 0.29) is 29.3 Å². The average molecular weight is 528 g/mol. The third kappa shape index (κ3) is 6.19. The van der Waals surface area contributed by atoms with Crippen LogP contribution in [0.3, 0.4) is 0 Å². The Kier molecular flexibility index (Phi) is 7.10. The fourth-order valence-electron chi connectivity index (χ4n) is 4.00. The first-order valence-electron chi connectivity index (χ1n) is 10.9. The summed E-state index contributed by atoms with van der Waals surface area (Å²) in [7, 11) is 0. The Labute approximate surface area is 205 Å². The lowest BCUT2D eigenvalue weighted by Crippen LogP contribution is -2.37. The molecule has 1 saturated heterocycles. The summed E-state index contributed by atoms with van der Waals surface area (Å²) in [5, 5.41) is 16.2. The molecule has 3 aromatic rings. The minimum absolute atomic E-state index is 0.0970. The number of nitriles is 1. The third-order valence-electron chi connectivity index (χ3n) is 5.76. The number of piperidine rings is 1. The van der Waals surface area contributed by atoms with Crippen molar-refractivity contribution in [1.82, 2.24) is 20.2 Å². The van der Waals surface area contributed by atoms with E-state index in [0.717, 1.165) is 12.1 Å². The van der Waals surface area contributed by atoms with E-state index >= 15 is 0 Å². The van der Waals surface area contributed by atoms with Gasteiger partial charge in [-0.15, -0.1) is 0 Å². The fraction of sp³-hybridized carbons (Fsp3) is 0.409. The van der Waals surface area contributed by atoms with Crippen molar-refractivity contribution in [3.8, 4) is 6.07 Å². The summed E-state index contributed by atoms with van der Waals surface area (Å²) in [4.78, 5) is 18.7. The third-order valence-corrected chi connectivity index (χ3v) is 5.76. The van der Waals surface area contributed by atoms with E-state index in [0.29, 0.717) is 36.9 Å². The highest BCUT2D eigenvalue weighted by Crippen LogP contribution is 2.35. The summed E-state index contributed by atoms with van der Waals surface area (Å²) in [6.07, 6.45) is -7.45. The summed E-state index contributed by atoms with van der Waals surface area (Å²) in [6.45, 7) is -1.49. The van der Waals surface area contributed by atoms with Gasteiger partial charge >= 0.3 is 12.4 Å². The molecule has 0 spiro atoms. The van der Waals surface area contributed by atoms with E-state index in [1.165, 1.54) is 18.3 Å². The van der Waals surface area contributed by atoms with Gasteiger partial charge in [0.05, 0.1) is 29.9 Å². The van der Waals surface area contributed by atoms with Gasteiger partial charge in [-0.2, -0.15) is 36.6 Å². The van der Waals surface area contributed by atoms with Gasteiger partial charge in [0.1, 0.15) is 6.54 Å². The number of carbonyl (C=O) groups excluding carboxylic acids is 1. The Balaban J connectivity index is 1.48. The van der Waals surface area contributed by atoms with Crippen LogP contribution in [0, 0.1) is 11.3 Å². The second kappa shape index (κ2) is 10.1. The van der Waals surface area contributed by atoms with E-state index in [1.54, 1.807) is 4.90 Å². The highest BCUT2D eigenvalue weighted by atomic mass is 19.4.